The van der Waals surface area contributed by atoms with Crippen LogP contribution in [-0.2, 0) is 4.79 Å². The van der Waals surface area contributed by atoms with E-state index in [1.54, 1.807) is 6.07 Å². The minimum atomic E-state index is -0.190. The zero-order valence-electron chi connectivity index (χ0n) is 15.1. The van der Waals surface area contributed by atoms with Crippen molar-refractivity contribution >= 4 is 17.4 Å². The zero-order chi connectivity index (χ0) is 18.2. The first-order valence-electron chi connectivity index (χ1n) is 8.63. The number of hydrogen-bond donors (Lipinski definition) is 1. The van der Waals surface area contributed by atoms with Crippen LogP contribution in [0.3, 0.4) is 0 Å². The van der Waals surface area contributed by atoms with E-state index in [0.29, 0.717) is 23.6 Å². The number of carbonyl (C=O) groups excluding carboxylic acids is 2. The first-order chi connectivity index (χ1) is 12.0. The van der Waals surface area contributed by atoms with Gasteiger partial charge in [-0.1, -0.05) is 31.2 Å². The van der Waals surface area contributed by atoms with Gasteiger partial charge in [-0.05, 0) is 49.6 Å². The molecule has 0 aliphatic carbocycles. The van der Waals surface area contributed by atoms with Crippen molar-refractivity contribution in [2.24, 2.45) is 0 Å². The Bertz CT molecular complexity index is 753. The van der Waals surface area contributed by atoms with Gasteiger partial charge in [-0.3, -0.25) is 9.59 Å². The van der Waals surface area contributed by atoms with Gasteiger partial charge in [-0.2, -0.15) is 0 Å². The van der Waals surface area contributed by atoms with Crippen molar-refractivity contribution < 1.29 is 14.3 Å². The molecule has 0 saturated heterocycles. The van der Waals surface area contributed by atoms with Crippen LogP contribution in [0.15, 0.2) is 42.5 Å². The number of nitrogens with one attached hydrogen (secondary N) is 1. The molecular weight excluding hydrogens is 314 g/mol. The molecule has 0 spiro atoms. The number of benzene rings is 2. The summed E-state index contributed by atoms with van der Waals surface area (Å²) in [5.41, 5.74) is 3.53. The summed E-state index contributed by atoms with van der Waals surface area (Å²) in [6.45, 7) is 6.61. The predicted molar refractivity (Wildman–Crippen MR) is 100 cm³/mol. The Morgan fingerprint density at radius 1 is 1.00 bits per heavy atom. The van der Waals surface area contributed by atoms with Crippen LogP contribution in [0.25, 0.3) is 0 Å². The van der Waals surface area contributed by atoms with Crippen LogP contribution in [-0.4, -0.2) is 18.3 Å². The fraction of sp³-hybridized carbons (Fsp3) is 0.333. The van der Waals surface area contributed by atoms with E-state index >= 15 is 0 Å². The van der Waals surface area contributed by atoms with E-state index in [2.05, 4.69) is 5.32 Å². The number of rotatable bonds is 8. The predicted octanol–water partition coefficient (Wildman–Crippen LogP) is 4.69. The minimum Gasteiger partial charge on any atom is -0.491 e. The highest BCUT2D eigenvalue weighted by Gasteiger charge is 2.12. The van der Waals surface area contributed by atoms with E-state index in [4.69, 9.17) is 4.74 Å². The van der Waals surface area contributed by atoms with Crippen molar-refractivity contribution in [3.63, 3.8) is 0 Å². The summed E-state index contributed by atoms with van der Waals surface area (Å²) in [4.78, 5) is 24.4. The fourth-order valence-electron chi connectivity index (χ4n) is 2.41. The number of carbonyl (C=O) groups is 2. The maximum Gasteiger partial charge on any atom is 0.224 e. The Morgan fingerprint density at radius 3 is 2.48 bits per heavy atom. The van der Waals surface area contributed by atoms with E-state index in [-0.39, 0.29) is 24.5 Å². The van der Waals surface area contributed by atoms with Crippen molar-refractivity contribution in [2.75, 3.05) is 11.9 Å². The second kappa shape index (κ2) is 9.02. The molecule has 4 nitrogen and oxygen atoms in total. The molecule has 2 aromatic rings. The quantitative estimate of drug-likeness (QED) is 0.710. The minimum absolute atomic E-state index is 0.0197. The van der Waals surface area contributed by atoms with Crippen LogP contribution < -0.4 is 10.1 Å². The van der Waals surface area contributed by atoms with E-state index in [9.17, 15) is 9.59 Å². The van der Waals surface area contributed by atoms with Gasteiger partial charge < -0.3 is 10.1 Å². The largest absolute Gasteiger partial charge is 0.491 e. The standard InChI is InChI=1S/C21H25NO3/c1-4-13-25-20-8-6-5-7-18(20)22-21(24)12-11-19(23)17-10-9-15(2)16(3)14-17/h5-10,14H,4,11-13H2,1-3H3,(H,22,24). The summed E-state index contributed by atoms with van der Waals surface area (Å²) in [6.07, 6.45) is 1.23. The second-order valence-electron chi connectivity index (χ2n) is 6.12. The lowest BCUT2D eigenvalue weighted by Crippen LogP contribution is -2.14. The zero-order valence-corrected chi connectivity index (χ0v) is 15.1. The molecule has 1 N–H and O–H groups in total. The molecule has 0 bridgehead atoms. The summed E-state index contributed by atoms with van der Waals surface area (Å²) in [6, 6.07) is 13.0. The molecule has 0 aliphatic rings. The lowest BCUT2D eigenvalue weighted by atomic mass is 10.0. The van der Waals surface area contributed by atoms with Gasteiger partial charge >= 0.3 is 0 Å². The van der Waals surface area contributed by atoms with Gasteiger partial charge in [0, 0.05) is 18.4 Å². The monoisotopic (exact) mass is 339 g/mol. The molecule has 0 fully saturated rings. The molecular formula is C21H25NO3. The first-order valence-corrected chi connectivity index (χ1v) is 8.63. The van der Waals surface area contributed by atoms with Crippen LogP contribution in [0.5, 0.6) is 5.75 Å². The smallest absolute Gasteiger partial charge is 0.224 e. The Kier molecular flexibility index (Phi) is 6.75. The third kappa shape index (κ3) is 5.45. The van der Waals surface area contributed by atoms with Gasteiger partial charge in [0.2, 0.25) is 5.91 Å². The average molecular weight is 339 g/mol. The number of ether oxygens (including phenoxy) is 1. The summed E-state index contributed by atoms with van der Waals surface area (Å²) in [7, 11) is 0. The molecule has 2 aromatic carbocycles. The topological polar surface area (TPSA) is 55.4 Å². The summed E-state index contributed by atoms with van der Waals surface area (Å²) in [5, 5.41) is 2.83. The molecule has 132 valence electrons. The highest BCUT2D eigenvalue weighted by atomic mass is 16.5. The van der Waals surface area contributed by atoms with Gasteiger partial charge in [-0.25, -0.2) is 0 Å². The summed E-state index contributed by atoms with van der Waals surface area (Å²) < 4.78 is 5.62. The Hall–Kier alpha value is -2.62. The molecule has 0 heterocycles. The van der Waals surface area contributed by atoms with Crippen molar-refractivity contribution in [1.82, 2.24) is 0 Å². The lowest BCUT2D eigenvalue weighted by molar-refractivity contribution is -0.116. The molecule has 0 atom stereocenters. The third-order valence-corrected chi connectivity index (χ3v) is 4.03. The first kappa shape index (κ1) is 18.7. The molecule has 0 radical (unpaired) electrons. The highest BCUT2D eigenvalue weighted by molar-refractivity contribution is 6.00. The average Bonchev–Trinajstić information content (AvgIpc) is 2.61. The number of ketones is 1. The maximum absolute atomic E-state index is 12.3. The van der Waals surface area contributed by atoms with Gasteiger partial charge in [0.15, 0.2) is 5.78 Å². The summed E-state index contributed by atoms with van der Waals surface area (Å²) in [5.74, 6) is 0.441. The van der Waals surface area contributed by atoms with Gasteiger partial charge in [0.25, 0.3) is 0 Å². The Labute approximate surface area is 149 Å². The van der Waals surface area contributed by atoms with Crippen molar-refractivity contribution in [1.29, 1.82) is 0 Å². The third-order valence-electron chi connectivity index (χ3n) is 4.03. The number of para-hydroxylation sites is 2. The van der Waals surface area contributed by atoms with Crippen LogP contribution in [0, 0.1) is 13.8 Å². The molecule has 4 heteroatoms. The maximum atomic E-state index is 12.3. The second-order valence-corrected chi connectivity index (χ2v) is 6.12. The number of amides is 1. The number of Topliss-reactive ketones (excluding diaryl/α,β-unsaturated/α-hetero) is 1. The molecule has 1 amide bonds. The number of hydrogen-bond acceptors (Lipinski definition) is 3. The van der Waals surface area contributed by atoms with Gasteiger partial charge in [0.1, 0.15) is 5.75 Å². The lowest BCUT2D eigenvalue weighted by Gasteiger charge is -2.12. The van der Waals surface area contributed by atoms with E-state index < -0.39 is 0 Å². The van der Waals surface area contributed by atoms with Crippen LogP contribution in [0.1, 0.15) is 47.7 Å². The normalized spacial score (nSPS) is 10.4. The van der Waals surface area contributed by atoms with Crippen molar-refractivity contribution in [2.45, 2.75) is 40.0 Å². The Morgan fingerprint density at radius 2 is 1.76 bits per heavy atom. The SMILES string of the molecule is CCCOc1ccccc1NC(=O)CCC(=O)c1ccc(C)c(C)c1. The summed E-state index contributed by atoms with van der Waals surface area (Å²) >= 11 is 0. The van der Waals surface area contributed by atoms with E-state index in [0.717, 1.165) is 17.5 Å². The molecule has 0 unspecified atom stereocenters. The number of aryl methyl sites for hydroxylation is 2. The highest BCUT2D eigenvalue weighted by Crippen LogP contribution is 2.24. The van der Waals surface area contributed by atoms with E-state index in [1.807, 2.05) is 57.2 Å². The van der Waals surface area contributed by atoms with Crippen LogP contribution >= 0.6 is 0 Å². The molecule has 2 rings (SSSR count). The number of anilines is 1. The van der Waals surface area contributed by atoms with Crippen molar-refractivity contribution in [3.05, 3.63) is 59.2 Å². The van der Waals surface area contributed by atoms with Crippen LogP contribution in [0.2, 0.25) is 0 Å². The molecule has 0 aromatic heterocycles. The van der Waals surface area contributed by atoms with Gasteiger partial charge in [-0.15, -0.1) is 0 Å². The fourth-order valence-corrected chi connectivity index (χ4v) is 2.41. The Balaban J connectivity index is 1.92. The molecule has 0 saturated carbocycles. The van der Waals surface area contributed by atoms with Crippen molar-refractivity contribution in [3.8, 4) is 5.75 Å². The molecule has 25 heavy (non-hydrogen) atoms. The van der Waals surface area contributed by atoms with Crippen LogP contribution in [0.4, 0.5) is 5.69 Å². The molecule has 0 aliphatic heterocycles. The van der Waals surface area contributed by atoms with Gasteiger partial charge in [0.05, 0.1) is 12.3 Å². The van der Waals surface area contributed by atoms with E-state index in [1.165, 1.54) is 0 Å².